The van der Waals surface area contributed by atoms with Gasteiger partial charge in [-0.05, 0) is 68.6 Å². The second-order valence-corrected chi connectivity index (χ2v) is 5.74. The van der Waals surface area contributed by atoms with Gasteiger partial charge in [0, 0.05) is 6.04 Å². The summed E-state index contributed by atoms with van der Waals surface area (Å²) in [4.78, 5) is 0. The molecule has 2 aromatic carbocycles. The molecule has 2 rings (SSSR count). The van der Waals surface area contributed by atoms with Crippen LogP contribution in [-0.2, 0) is 12.8 Å². The monoisotopic (exact) mass is 316 g/mol. The van der Waals surface area contributed by atoms with Crippen molar-refractivity contribution in [1.82, 2.24) is 5.32 Å². The first-order valence-corrected chi connectivity index (χ1v) is 8.07. The Morgan fingerprint density at radius 2 is 1.83 bits per heavy atom. The Kier molecular flexibility index (Phi) is 6.41. The van der Waals surface area contributed by atoms with E-state index in [1.807, 2.05) is 31.2 Å². The maximum atomic E-state index is 12.9. The van der Waals surface area contributed by atoms with Crippen molar-refractivity contribution in [2.75, 3.05) is 18.9 Å². The van der Waals surface area contributed by atoms with Crippen LogP contribution >= 0.6 is 0 Å². The number of ether oxygens (including phenoxy) is 1. The Morgan fingerprint density at radius 1 is 1.13 bits per heavy atom. The third-order valence-corrected chi connectivity index (χ3v) is 3.74. The summed E-state index contributed by atoms with van der Waals surface area (Å²) in [6, 6.07) is 13.0. The van der Waals surface area contributed by atoms with Gasteiger partial charge in [0.2, 0.25) is 0 Å². The maximum absolute atomic E-state index is 12.9. The van der Waals surface area contributed by atoms with Gasteiger partial charge in [0.05, 0.1) is 12.3 Å². The molecule has 23 heavy (non-hydrogen) atoms. The lowest BCUT2D eigenvalue weighted by Gasteiger charge is -2.15. The van der Waals surface area contributed by atoms with E-state index in [1.165, 1.54) is 17.7 Å². The van der Waals surface area contributed by atoms with Crippen LogP contribution in [0.25, 0.3) is 0 Å². The number of nitrogens with one attached hydrogen (secondary N) is 1. The lowest BCUT2D eigenvalue weighted by molar-refractivity contribution is 0.342. The molecular weight excluding hydrogens is 291 g/mol. The van der Waals surface area contributed by atoms with Crippen LogP contribution in [0.2, 0.25) is 0 Å². The van der Waals surface area contributed by atoms with Crippen LogP contribution < -0.4 is 15.8 Å². The first kappa shape index (κ1) is 17.3. The molecule has 0 spiro atoms. The third kappa shape index (κ3) is 5.57. The fourth-order valence-corrected chi connectivity index (χ4v) is 2.55. The average Bonchev–Trinajstić information content (AvgIpc) is 2.52. The summed E-state index contributed by atoms with van der Waals surface area (Å²) in [5.74, 6) is 0.552. The van der Waals surface area contributed by atoms with Crippen molar-refractivity contribution in [3.8, 4) is 5.75 Å². The Morgan fingerprint density at radius 3 is 2.48 bits per heavy atom. The van der Waals surface area contributed by atoms with Gasteiger partial charge in [-0.3, -0.25) is 0 Å². The van der Waals surface area contributed by atoms with Gasteiger partial charge in [-0.2, -0.15) is 0 Å². The summed E-state index contributed by atoms with van der Waals surface area (Å²) in [6.45, 7) is 5.57. The van der Waals surface area contributed by atoms with Crippen LogP contribution in [0.1, 0.15) is 25.0 Å². The molecule has 0 saturated heterocycles. The zero-order chi connectivity index (χ0) is 16.7. The number of nitrogens with two attached hydrogens (primary N) is 1. The fraction of sp³-hybridized carbons (Fsp3) is 0.368. The summed E-state index contributed by atoms with van der Waals surface area (Å²) in [7, 11) is 0. The summed E-state index contributed by atoms with van der Waals surface area (Å²) in [5, 5.41) is 3.49. The molecule has 0 radical (unpaired) electrons. The Bertz CT molecular complexity index is 613. The highest BCUT2D eigenvalue weighted by Gasteiger charge is 2.06. The molecule has 0 fully saturated rings. The molecule has 2 aromatic rings. The SMILES string of the molecule is CCOc1ccc(CC(C)NCCc2ccc(F)cc2)cc1N. The molecule has 0 bridgehead atoms. The molecule has 0 saturated carbocycles. The standard InChI is InChI=1S/C19H25FN2O/c1-3-23-19-9-6-16(13-18(19)21)12-14(2)22-11-10-15-4-7-17(20)8-5-15/h4-9,13-14,22H,3,10-12,21H2,1-2H3. The smallest absolute Gasteiger partial charge is 0.142 e. The lowest BCUT2D eigenvalue weighted by atomic mass is 10.1. The summed E-state index contributed by atoms with van der Waals surface area (Å²) in [5.41, 5.74) is 9.00. The molecule has 0 aromatic heterocycles. The minimum atomic E-state index is -0.192. The maximum Gasteiger partial charge on any atom is 0.142 e. The van der Waals surface area contributed by atoms with E-state index in [1.54, 1.807) is 0 Å². The van der Waals surface area contributed by atoms with Gasteiger partial charge < -0.3 is 15.8 Å². The number of rotatable bonds is 8. The molecular formula is C19H25FN2O. The van der Waals surface area contributed by atoms with Gasteiger partial charge in [-0.15, -0.1) is 0 Å². The summed E-state index contributed by atoms with van der Waals surface area (Å²) in [6.07, 6.45) is 1.79. The third-order valence-electron chi connectivity index (χ3n) is 3.74. The zero-order valence-electron chi connectivity index (χ0n) is 13.8. The Hall–Kier alpha value is -2.07. The molecule has 4 heteroatoms. The number of hydrogen-bond acceptors (Lipinski definition) is 3. The largest absolute Gasteiger partial charge is 0.492 e. The topological polar surface area (TPSA) is 47.3 Å². The number of nitrogen functional groups attached to an aromatic ring is 1. The van der Waals surface area contributed by atoms with Crippen molar-refractivity contribution < 1.29 is 9.13 Å². The highest BCUT2D eigenvalue weighted by Crippen LogP contribution is 2.23. The van der Waals surface area contributed by atoms with E-state index in [0.717, 1.165) is 30.7 Å². The predicted octanol–water partition coefficient (Wildman–Crippen LogP) is 3.57. The van der Waals surface area contributed by atoms with Gasteiger partial charge in [0.1, 0.15) is 11.6 Å². The number of halogens is 1. The number of benzene rings is 2. The number of hydrogen-bond donors (Lipinski definition) is 2. The summed E-state index contributed by atoms with van der Waals surface area (Å²) >= 11 is 0. The lowest BCUT2D eigenvalue weighted by Crippen LogP contribution is -2.30. The van der Waals surface area contributed by atoms with E-state index < -0.39 is 0 Å². The second kappa shape index (κ2) is 8.53. The van der Waals surface area contributed by atoms with Gasteiger partial charge in [0.25, 0.3) is 0 Å². The van der Waals surface area contributed by atoms with E-state index in [-0.39, 0.29) is 5.82 Å². The molecule has 124 valence electrons. The average molecular weight is 316 g/mol. The molecule has 1 atom stereocenters. The predicted molar refractivity (Wildman–Crippen MR) is 93.3 cm³/mol. The quantitative estimate of drug-likeness (QED) is 0.732. The van der Waals surface area contributed by atoms with E-state index >= 15 is 0 Å². The molecule has 0 aliphatic heterocycles. The molecule has 1 unspecified atom stereocenters. The van der Waals surface area contributed by atoms with Crippen molar-refractivity contribution in [3.63, 3.8) is 0 Å². The van der Waals surface area contributed by atoms with Crippen LogP contribution in [0.5, 0.6) is 5.75 Å². The van der Waals surface area contributed by atoms with Crippen molar-refractivity contribution >= 4 is 5.69 Å². The van der Waals surface area contributed by atoms with E-state index in [2.05, 4.69) is 18.3 Å². The van der Waals surface area contributed by atoms with Crippen LogP contribution in [0.4, 0.5) is 10.1 Å². The second-order valence-electron chi connectivity index (χ2n) is 5.74. The van der Waals surface area contributed by atoms with Crippen LogP contribution in [0.15, 0.2) is 42.5 Å². The van der Waals surface area contributed by atoms with E-state index in [0.29, 0.717) is 18.3 Å². The van der Waals surface area contributed by atoms with E-state index in [9.17, 15) is 4.39 Å². The van der Waals surface area contributed by atoms with Gasteiger partial charge in [-0.1, -0.05) is 18.2 Å². The molecule has 0 amide bonds. The minimum Gasteiger partial charge on any atom is -0.492 e. The van der Waals surface area contributed by atoms with Gasteiger partial charge >= 0.3 is 0 Å². The van der Waals surface area contributed by atoms with E-state index in [4.69, 9.17) is 10.5 Å². The van der Waals surface area contributed by atoms with Crippen molar-refractivity contribution in [1.29, 1.82) is 0 Å². The normalized spacial score (nSPS) is 12.1. The molecule has 0 aliphatic carbocycles. The molecule has 3 nitrogen and oxygen atoms in total. The van der Waals surface area contributed by atoms with Crippen LogP contribution in [-0.4, -0.2) is 19.2 Å². The zero-order valence-corrected chi connectivity index (χ0v) is 13.8. The Labute approximate surface area is 137 Å². The first-order chi connectivity index (χ1) is 11.1. The van der Waals surface area contributed by atoms with Gasteiger partial charge in [0.15, 0.2) is 0 Å². The highest BCUT2D eigenvalue weighted by atomic mass is 19.1. The summed E-state index contributed by atoms with van der Waals surface area (Å²) < 4.78 is 18.3. The molecule has 0 aliphatic rings. The minimum absolute atomic E-state index is 0.192. The first-order valence-electron chi connectivity index (χ1n) is 8.07. The van der Waals surface area contributed by atoms with Crippen LogP contribution in [0, 0.1) is 5.82 Å². The number of anilines is 1. The van der Waals surface area contributed by atoms with Crippen molar-refractivity contribution in [3.05, 3.63) is 59.4 Å². The fourth-order valence-electron chi connectivity index (χ4n) is 2.55. The van der Waals surface area contributed by atoms with Crippen LogP contribution in [0.3, 0.4) is 0 Å². The van der Waals surface area contributed by atoms with Crippen molar-refractivity contribution in [2.24, 2.45) is 0 Å². The van der Waals surface area contributed by atoms with Gasteiger partial charge in [-0.25, -0.2) is 4.39 Å². The molecule has 0 heterocycles. The molecule has 3 N–H and O–H groups in total. The van der Waals surface area contributed by atoms with Crippen molar-refractivity contribution in [2.45, 2.75) is 32.7 Å². The Balaban J connectivity index is 1.79. The highest BCUT2D eigenvalue weighted by molar-refractivity contribution is 5.54.